The van der Waals surface area contributed by atoms with Gasteiger partial charge in [-0.1, -0.05) is 0 Å². The van der Waals surface area contributed by atoms with Gasteiger partial charge in [-0.3, -0.25) is 0 Å². The van der Waals surface area contributed by atoms with Gasteiger partial charge in [0.1, 0.15) is 18.0 Å². The zero-order chi connectivity index (χ0) is 13.8. The molecule has 0 unspecified atom stereocenters. The zero-order valence-corrected chi connectivity index (χ0v) is 11.3. The van der Waals surface area contributed by atoms with E-state index in [4.69, 9.17) is 16.3 Å². The number of benzene rings is 1. The second-order valence-electron chi connectivity index (χ2n) is 3.71. The highest BCUT2D eigenvalue weighted by Crippen LogP contribution is 2.26. The van der Waals surface area contributed by atoms with Gasteiger partial charge in [0.05, 0.1) is 27.5 Å². The molecule has 0 spiro atoms. The summed E-state index contributed by atoms with van der Waals surface area (Å²) in [5.41, 5.74) is 7.49. The minimum absolute atomic E-state index is 0.319. The van der Waals surface area contributed by atoms with E-state index in [2.05, 4.69) is 26.2 Å². The molecule has 2 aromatic rings. The van der Waals surface area contributed by atoms with Crippen molar-refractivity contribution in [3.05, 3.63) is 46.1 Å². The Labute approximate surface area is 118 Å². The van der Waals surface area contributed by atoms with Gasteiger partial charge in [0, 0.05) is 5.69 Å². The number of anilines is 3. The lowest BCUT2D eigenvalue weighted by Crippen LogP contribution is -1.97. The molecule has 92 valence electrons. The average Bonchev–Trinajstić information content (AvgIpc) is 2.41. The maximum Gasteiger partial charge on any atom is 0.144 e. The van der Waals surface area contributed by atoms with E-state index >= 15 is 0 Å². The number of hydrogen-bond donors (Lipinski definition) is 2. The van der Waals surface area contributed by atoms with Crippen LogP contribution in [0.4, 0.5) is 17.2 Å². The predicted molar refractivity (Wildman–Crippen MR) is 75.5 cm³/mol. The molecule has 0 aliphatic carbocycles. The van der Waals surface area contributed by atoms with Crippen LogP contribution in [0.2, 0.25) is 0 Å². The second-order valence-corrected chi connectivity index (χ2v) is 4.56. The van der Waals surface area contributed by atoms with E-state index in [1.54, 1.807) is 24.3 Å². The molecule has 0 atom stereocenters. The molecule has 1 heterocycles. The van der Waals surface area contributed by atoms with E-state index < -0.39 is 0 Å². The molecule has 0 radical (unpaired) electrons. The summed E-state index contributed by atoms with van der Waals surface area (Å²) in [6.07, 6.45) is 1.53. The van der Waals surface area contributed by atoms with Gasteiger partial charge in [-0.2, -0.15) is 10.5 Å². The van der Waals surface area contributed by atoms with Crippen LogP contribution < -0.4 is 11.1 Å². The molecule has 1 aromatic carbocycles. The maximum atomic E-state index is 8.96. The fraction of sp³-hybridized carbons (Fsp3) is 0. The van der Waals surface area contributed by atoms with Gasteiger partial charge < -0.3 is 11.1 Å². The summed E-state index contributed by atoms with van der Waals surface area (Å²) in [6, 6.07) is 10.6. The summed E-state index contributed by atoms with van der Waals surface area (Å²) in [4.78, 5) is 4.14. The van der Waals surface area contributed by atoms with Crippen LogP contribution >= 0.6 is 15.9 Å². The molecule has 1 aromatic heterocycles. The van der Waals surface area contributed by atoms with E-state index in [0.29, 0.717) is 28.3 Å². The fourth-order valence-corrected chi connectivity index (χ4v) is 1.96. The highest BCUT2D eigenvalue weighted by Gasteiger charge is 2.06. The zero-order valence-electron chi connectivity index (χ0n) is 9.68. The lowest BCUT2D eigenvalue weighted by atomic mass is 10.1. The van der Waals surface area contributed by atoms with Crippen molar-refractivity contribution in [2.24, 2.45) is 0 Å². The third kappa shape index (κ3) is 2.82. The molecule has 0 fully saturated rings. The number of nitrogens with zero attached hydrogens (tertiary/aromatic N) is 3. The van der Waals surface area contributed by atoms with Crippen LogP contribution in [0.3, 0.4) is 0 Å². The highest BCUT2D eigenvalue weighted by molar-refractivity contribution is 9.10. The Hall–Kier alpha value is -2.57. The molecule has 5 nitrogen and oxygen atoms in total. The number of pyridine rings is 1. The van der Waals surface area contributed by atoms with Gasteiger partial charge in [0.2, 0.25) is 0 Å². The highest BCUT2D eigenvalue weighted by atomic mass is 79.9. The van der Waals surface area contributed by atoms with Crippen LogP contribution in [0, 0.1) is 22.7 Å². The quantitative estimate of drug-likeness (QED) is 0.888. The molecule has 19 heavy (non-hydrogen) atoms. The third-order valence-electron chi connectivity index (χ3n) is 2.39. The van der Waals surface area contributed by atoms with Gasteiger partial charge in [0.15, 0.2) is 0 Å². The molecule has 0 saturated carbocycles. The fourth-order valence-electron chi connectivity index (χ4n) is 1.49. The van der Waals surface area contributed by atoms with E-state index in [-0.39, 0.29) is 0 Å². The smallest absolute Gasteiger partial charge is 0.144 e. The normalized spacial score (nSPS) is 9.42. The Morgan fingerprint density at radius 3 is 2.53 bits per heavy atom. The Morgan fingerprint density at radius 2 is 1.89 bits per heavy atom. The number of nitrogen functional groups attached to an aromatic ring is 1. The van der Waals surface area contributed by atoms with Crippen molar-refractivity contribution in [1.29, 1.82) is 10.5 Å². The van der Waals surface area contributed by atoms with Gasteiger partial charge >= 0.3 is 0 Å². The van der Waals surface area contributed by atoms with Crippen LogP contribution in [-0.4, -0.2) is 4.98 Å². The number of rotatable bonds is 2. The molecule has 3 N–H and O–H groups in total. The molecule has 0 saturated heterocycles. The molecule has 6 heteroatoms. The van der Waals surface area contributed by atoms with Crippen molar-refractivity contribution in [2.75, 3.05) is 11.1 Å². The van der Waals surface area contributed by atoms with Crippen molar-refractivity contribution in [1.82, 2.24) is 4.98 Å². The molecule has 2 rings (SSSR count). The monoisotopic (exact) mass is 313 g/mol. The van der Waals surface area contributed by atoms with Crippen LogP contribution in [0.25, 0.3) is 0 Å². The first-order valence-electron chi connectivity index (χ1n) is 5.26. The molecule has 0 amide bonds. The van der Waals surface area contributed by atoms with Gasteiger partial charge in [-0.25, -0.2) is 4.98 Å². The maximum absolute atomic E-state index is 8.96. The Bertz CT molecular complexity index is 712. The Balaban J connectivity index is 2.34. The number of nitrogens with two attached hydrogens (primary N) is 1. The predicted octanol–water partition coefficient (Wildman–Crippen LogP) is 2.91. The summed E-state index contributed by atoms with van der Waals surface area (Å²) in [5, 5.41) is 20.9. The van der Waals surface area contributed by atoms with Crippen molar-refractivity contribution < 1.29 is 0 Å². The van der Waals surface area contributed by atoms with Crippen molar-refractivity contribution >= 4 is 33.1 Å². The van der Waals surface area contributed by atoms with E-state index in [0.717, 1.165) is 4.47 Å². The van der Waals surface area contributed by atoms with Crippen LogP contribution in [-0.2, 0) is 0 Å². The number of nitriles is 2. The van der Waals surface area contributed by atoms with E-state index in [1.807, 2.05) is 12.1 Å². The van der Waals surface area contributed by atoms with Gasteiger partial charge in [-0.05, 0) is 40.2 Å². The minimum Gasteiger partial charge on any atom is -0.397 e. The Kier molecular flexibility index (Phi) is 3.65. The minimum atomic E-state index is 0.319. The Morgan fingerprint density at radius 1 is 1.16 bits per heavy atom. The van der Waals surface area contributed by atoms with Crippen LogP contribution in [0.5, 0.6) is 0 Å². The van der Waals surface area contributed by atoms with Gasteiger partial charge in [0.25, 0.3) is 0 Å². The first-order valence-corrected chi connectivity index (χ1v) is 6.05. The van der Waals surface area contributed by atoms with Crippen molar-refractivity contribution in [3.8, 4) is 12.1 Å². The average molecular weight is 314 g/mol. The lowest BCUT2D eigenvalue weighted by molar-refractivity contribution is 1.29. The van der Waals surface area contributed by atoms with Crippen LogP contribution in [0.1, 0.15) is 11.1 Å². The summed E-state index contributed by atoms with van der Waals surface area (Å²) in [5.74, 6) is 0.586. The molecule has 0 aliphatic rings. The number of aromatic nitrogens is 1. The number of hydrogen-bond acceptors (Lipinski definition) is 5. The third-order valence-corrected chi connectivity index (χ3v) is 2.99. The van der Waals surface area contributed by atoms with Crippen LogP contribution in [0.15, 0.2) is 34.9 Å². The first kappa shape index (κ1) is 12.9. The van der Waals surface area contributed by atoms with E-state index in [9.17, 15) is 0 Å². The second kappa shape index (κ2) is 5.38. The molecule has 0 aliphatic heterocycles. The largest absolute Gasteiger partial charge is 0.397 e. The summed E-state index contributed by atoms with van der Waals surface area (Å²) >= 11 is 3.35. The number of halogens is 1. The number of nitrogens with one attached hydrogen (secondary N) is 1. The van der Waals surface area contributed by atoms with E-state index in [1.165, 1.54) is 6.20 Å². The SMILES string of the molecule is N#Cc1ccc(Nc2ncc(N)cc2Br)cc1C#N. The summed E-state index contributed by atoms with van der Waals surface area (Å²) in [7, 11) is 0. The standard InChI is InChI=1S/C13H8BrN5/c14-12-4-10(17)7-18-13(12)19-11-2-1-8(5-15)9(3-11)6-16/h1-4,7H,17H2,(H,18,19). The van der Waals surface area contributed by atoms with Gasteiger partial charge in [-0.15, -0.1) is 0 Å². The summed E-state index contributed by atoms with van der Waals surface area (Å²) < 4.78 is 0.718. The summed E-state index contributed by atoms with van der Waals surface area (Å²) in [6.45, 7) is 0. The topological polar surface area (TPSA) is 98.5 Å². The first-order chi connectivity index (χ1) is 9.13. The lowest BCUT2D eigenvalue weighted by Gasteiger charge is -2.08. The molecule has 0 bridgehead atoms. The molecular weight excluding hydrogens is 306 g/mol. The van der Waals surface area contributed by atoms with Crippen molar-refractivity contribution in [2.45, 2.75) is 0 Å². The van der Waals surface area contributed by atoms with Crippen molar-refractivity contribution in [3.63, 3.8) is 0 Å². The molecular formula is C13H8BrN5.